The van der Waals surface area contributed by atoms with Crippen molar-refractivity contribution < 1.29 is 17.5 Å². The van der Waals surface area contributed by atoms with Crippen LogP contribution < -0.4 is 4.72 Å². The number of nitrogens with zero attached hydrogens (tertiary/aromatic N) is 1. The monoisotopic (exact) mass is 412 g/mol. The highest BCUT2D eigenvalue weighted by Crippen LogP contribution is 2.25. The molecule has 5 nitrogen and oxygen atoms in total. The molecule has 0 unspecified atom stereocenters. The first-order chi connectivity index (χ1) is 12.9. The molecule has 1 aliphatic heterocycles. The van der Waals surface area contributed by atoms with Crippen molar-refractivity contribution in [1.82, 2.24) is 9.62 Å². The Labute approximate surface area is 164 Å². The van der Waals surface area contributed by atoms with Gasteiger partial charge in [0.05, 0.1) is 18.2 Å². The van der Waals surface area contributed by atoms with Crippen molar-refractivity contribution >= 4 is 21.6 Å². The molecular weight excluding hydrogens is 391 g/mol. The third-order valence-electron chi connectivity index (χ3n) is 4.58. The fourth-order valence-electron chi connectivity index (χ4n) is 3.12. The molecule has 0 aromatic heterocycles. The van der Waals surface area contributed by atoms with Crippen LogP contribution in [-0.4, -0.2) is 46.2 Å². The van der Waals surface area contributed by atoms with Crippen LogP contribution in [0.1, 0.15) is 17.2 Å². The lowest BCUT2D eigenvalue weighted by atomic mass is 10.0. The van der Waals surface area contributed by atoms with Crippen LogP contribution in [0.2, 0.25) is 5.02 Å². The molecule has 2 aromatic rings. The quantitative estimate of drug-likeness (QED) is 0.791. The second-order valence-corrected chi connectivity index (χ2v) is 8.64. The summed E-state index contributed by atoms with van der Waals surface area (Å²) in [7, 11) is -3.77. The maximum absolute atomic E-state index is 13.3. The van der Waals surface area contributed by atoms with Crippen LogP contribution in [0, 0.1) is 12.7 Å². The molecule has 0 aliphatic carbocycles. The molecule has 8 heteroatoms. The molecule has 3 rings (SSSR count). The lowest BCUT2D eigenvalue weighted by Crippen LogP contribution is -2.43. The van der Waals surface area contributed by atoms with Crippen molar-refractivity contribution in [2.24, 2.45) is 0 Å². The minimum Gasteiger partial charge on any atom is -0.379 e. The first-order valence-electron chi connectivity index (χ1n) is 8.70. The Balaban J connectivity index is 1.82. The van der Waals surface area contributed by atoms with Crippen molar-refractivity contribution in [3.8, 4) is 0 Å². The molecule has 1 saturated heterocycles. The number of rotatable bonds is 6. The van der Waals surface area contributed by atoms with Gasteiger partial charge in [-0.1, -0.05) is 29.8 Å². The van der Waals surface area contributed by atoms with E-state index in [2.05, 4.69) is 9.62 Å². The highest BCUT2D eigenvalue weighted by molar-refractivity contribution is 7.89. The third kappa shape index (κ3) is 5.06. The Hall–Kier alpha value is -1.51. The zero-order valence-corrected chi connectivity index (χ0v) is 16.6. The maximum atomic E-state index is 13.3. The Morgan fingerprint density at radius 3 is 2.48 bits per heavy atom. The van der Waals surface area contributed by atoms with E-state index in [9.17, 15) is 12.8 Å². The summed E-state index contributed by atoms with van der Waals surface area (Å²) in [6.45, 7) is 4.50. The Morgan fingerprint density at radius 2 is 1.85 bits per heavy atom. The number of halogens is 2. The summed E-state index contributed by atoms with van der Waals surface area (Å²) in [5.74, 6) is -0.327. The number of sulfonamides is 1. The van der Waals surface area contributed by atoms with Gasteiger partial charge < -0.3 is 4.74 Å². The predicted octanol–water partition coefficient (Wildman–Crippen LogP) is 3.14. The summed E-state index contributed by atoms with van der Waals surface area (Å²) < 4.78 is 46.8. The van der Waals surface area contributed by atoms with E-state index < -0.39 is 10.0 Å². The van der Waals surface area contributed by atoms with Gasteiger partial charge in [0, 0.05) is 25.7 Å². The van der Waals surface area contributed by atoms with Crippen molar-refractivity contribution in [3.63, 3.8) is 0 Å². The standard InChI is InChI=1S/C19H22ClFN2O3S/c1-14-2-7-19(17(20)12-14)27(24,25)22-13-18(23-8-10-26-11-9-23)15-3-5-16(21)6-4-15/h2-7,12,18,22H,8-11,13H2,1H3/t18-/m0/s1. The van der Waals surface area contributed by atoms with E-state index in [0.717, 1.165) is 11.1 Å². The van der Waals surface area contributed by atoms with Crippen LogP contribution in [0.5, 0.6) is 0 Å². The van der Waals surface area contributed by atoms with Gasteiger partial charge in [0.1, 0.15) is 10.7 Å². The topological polar surface area (TPSA) is 58.6 Å². The Morgan fingerprint density at radius 1 is 1.19 bits per heavy atom. The molecule has 2 aromatic carbocycles. The molecule has 27 heavy (non-hydrogen) atoms. The van der Waals surface area contributed by atoms with Crippen molar-refractivity contribution in [2.45, 2.75) is 17.9 Å². The highest BCUT2D eigenvalue weighted by Gasteiger charge is 2.26. The summed E-state index contributed by atoms with van der Waals surface area (Å²) in [6, 6.07) is 10.7. The van der Waals surface area contributed by atoms with Gasteiger partial charge in [0.25, 0.3) is 0 Å². The summed E-state index contributed by atoms with van der Waals surface area (Å²) in [6.07, 6.45) is 0. The van der Waals surface area contributed by atoms with Gasteiger partial charge in [-0.3, -0.25) is 4.90 Å². The third-order valence-corrected chi connectivity index (χ3v) is 6.49. The van der Waals surface area contributed by atoms with Gasteiger partial charge >= 0.3 is 0 Å². The van der Waals surface area contributed by atoms with Gasteiger partial charge in [-0.15, -0.1) is 0 Å². The molecule has 1 N–H and O–H groups in total. The number of hydrogen-bond acceptors (Lipinski definition) is 4. The first-order valence-corrected chi connectivity index (χ1v) is 10.6. The van der Waals surface area contributed by atoms with Crippen molar-refractivity contribution in [2.75, 3.05) is 32.8 Å². The maximum Gasteiger partial charge on any atom is 0.242 e. The van der Waals surface area contributed by atoms with Crippen LogP contribution in [-0.2, 0) is 14.8 Å². The fraction of sp³-hybridized carbons (Fsp3) is 0.368. The fourth-order valence-corrected chi connectivity index (χ4v) is 4.76. The predicted molar refractivity (Wildman–Crippen MR) is 103 cm³/mol. The SMILES string of the molecule is Cc1ccc(S(=O)(=O)NC[C@@H](c2ccc(F)cc2)N2CCOCC2)c(Cl)c1. The number of hydrogen-bond donors (Lipinski definition) is 1. The molecule has 0 radical (unpaired) electrons. The van der Waals surface area contributed by atoms with Gasteiger partial charge in [-0.05, 0) is 42.3 Å². The summed E-state index contributed by atoms with van der Waals surface area (Å²) >= 11 is 6.12. The van der Waals surface area contributed by atoms with E-state index >= 15 is 0 Å². The minimum atomic E-state index is -3.77. The lowest BCUT2D eigenvalue weighted by Gasteiger charge is -2.35. The Kier molecular flexibility index (Phi) is 6.49. The molecule has 1 fully saturated rings. The molecule has 1 atom stereocenters. The van der Waals surface area contributed by atoms with Crippen LogP contribution in [0.4, 0.5) is 4.39 Å². The summed E-state index contributed by atoms with van der Waals surface area (Å²) in [5.41, 5.74) is 1.73. The molecule has 0 saturated carbocycles. The van der Waals surface area contributed by atoms with Gasteiger partial charge in [0.2, 0.25) is 10.0 Å². The molecule has 0 bridgehead atoms. The number of benzene rings is 2. The summed E-state index contributed by atoms with van der Waals surface area (Å²) in [5, 5.41) is 0.187. The average Bonchev–Trinajstić information content (AvgIpc) is 2.64. The van der Waals surface area contributed by atoms with Gasteiger partial charge in [0.15, 0.2) is 0 Å². The molecule has 1 aliphatic rings. The largest absolute Gasteiger partial charge is 0.379 e. The zero-order chi connectivity index (χ0) is 19.4. The smallest absolute Gasteiger partial charge is 0.242 e. The average molecular weight is 413 g/mol. The lowest BCUT2D eigenvalue weighted by molar-refractivity contribution is 0.0172. The van der Waals surface area contributed by atoms with Crippen LogP contribution in [0.25, 0.3) is 0 Å². The van der Waals surface area contributed by atoms with Crippen molar-refractivity contribution in [1.29, 1.82) is 0 Å². The summed E-state index contributed by atoms with van der Waals surface area (Å²) in [4.78, 5) is 2.19. The van der Waals surface area contributed by atoms with Crippen LogP contribution in [0.3, 0.4) is 0 Å². The van der Waals surface area contributed by atoms with Crippen molar-refractivity contribution in [3.05, 3.63) is 64.4 Å². The number of ether oxygens (including phenoxy) is 1. The van der Waals surface area contributed by atoms with Crippen LogP contribution >= 0.6 is 11.6 Å². The normalized spacial score (nSPS) is 17.0. The number of aryl methyl sites for hydroxylation is 1. The van der Waals surface area contributed by atoms with Gasteiger partial charge in [-0.25, -0.2) is 17.5 Å². The van der Waals surface area contributed by atoms with Crippen LogP contribution in [0.15, 0.2) is 47.4 Å². The number of nitrogens with one attached hydrogen (secondary N) is 1. The molecule has 0 spiro atoms. The number of morpholine rings is 1. The minimum absolute atomic E-state index is 0.0506. The molecule has 1 heterocycles. The van der Waals surface area contributed by atoms with E-state index in [1.54, 1.807) is 24.3 Å². The van der Waals surface area contributed by atoms with E-state index in [1.807, 2.05) is 6.92 Å². The second kappa shape index (κ2) is 8.67. The van der Waals surface area contributed by atoms with E-state index in [1.165, 1.54) is 18.2 Å². The zero-order valence-electron chi connectivity index (χ0n) is 15.0. The van der Waals surface area contributed by atoms with E-state index in [0.29, 0.717) is 26.3 Å². The second-order valence-electron chi connectivity index (χ2n) is 6.50. The first kappa shape index (κ1) is 20.2. The Bertz CT molecular complexity index is 884. The van der Waals surface area contributed by atoms with E-state index in [4.69, 9.17) is 16.3 Å². The molecule has 0 amide bonds. The highest BCUT2D eigenvalue weighted by atomic mass is 35.5. The molecule has 146 valence electrons. The van der Waals surface area contributed by atoms with E-state index in [-0.39, 0.29) is 28.3 Å². The molecular formula is C19H22ClFN2O3S. The van der Waals surface area contributed by atoms with Gasteiger partial charge in [-0.2, -0.15) is 0 Å².